The second kappa shape index (κ2) is 7.84. The van der Waals surface area contributed by atoms with E-state index in [2.05, 4.69) is 27.5 Å². The Hall–Kier alpha value is -2.15. The van der Waals surface area contributed by atoms with Crippen LogP contribution in [-0.2, 0) is 6.18 Å². The summed E-state index contributed by atoms with van der Waals surface area (Å²) in [5.74, 6) is 0.891. The number of anilines is 1. The molecule has 1 atom stereocenters. The SMILES string of the molecule is CC(C)c1cc(N[C@@H]2CCCN(C)C2)nnc1-c1ccc(C(F)(F)F)cc1. The van der Waals surface area contributed by atoms with Gasteiger partial charge < -0.3 is 10.2 Å². The van der Waals surface area contributed by atoms with E-state index in [0.29, 0.717) is 17.3 Å². The molecule has 1 aliphatic heterocycles. The average molecular weight is 378 g/mol. The van der Waals surface area contributed by atoms with E-state index in [1.54, 1.807) is 0 Å². The van der Waals surface area contributed by atoms with Crippen molar-refractivity contribution >= 4 is 5.82 Å². The van der Waals surface area contributed by atoms with E-state index in [0.717, 1.165) is 49.4 Å². The number of benzene rings is 1. The highest BCUT2D eigenvalue weighted by atomic mass is 19.4. The summed E-state index contributed by atoms with van der Waals surface area (Å²) in [6, 6.07) is 7.40. The van der Waals surface area contributed by atoms with Crippen molar-refractivity contribution in [3.63, 3.8) is 0 Å². The van der Waals surface area contributed by atoms with Crippen molar-refractivity contribution in [2.75, 3.05) is 25.5 Å². The van der Waals surface area contributed by atoms with Crippen molar-refractivity contribution < 1.29 is 13.2 Å². The van der Waals surface area contributed by atoms with Gasteiger partial charge in [0.2, 0.25) is 0 Å². The molecule has 27 heavy (non-hydrogen) atoms. The number of likely N-dealkylation sites (tertiary alicyclic amines) is 1. The monoisotopic (exact) mass is 378 g/mol. The number of rotatable bonds is 4. The lowest BCUT2D eigenvalue weighted by Crippen LogP contribution is -2.40. The summed E-state index contributed by atoms with van der Waals surface area (Å²) in [6.07, 6.45) is -2.11. The molecule has 2 aromatic rings. The quantitative estimate of drug-likeness (QED) is 0.830. The fourth-order valence-corrected chi connectivity index (χ4v) is 3.45. The molecule has 0 radical (unpaired) electrons. The van der Waals surface area contributed by atoms with Gasteiger partial charge in [0.05, 0.1) is 11.3 Å². The highest BCUT2D eigenvalue weighted by Gasteiger charge is 2.30. The molecular weight excluding hydrogens is 353 g/mol. The Balaban J connectivity index is 1.85. The summed E-state index contributed by atoms with van der Waals surface area (Å²) in [5, 5.41) is 12.1. The average Bonchev–Trinajstić information content (AvgIpc) is 2.61. The smallest absolute Gasteiger partial charge is 0.365 e. The van der Waals surface area contributed by atoms with Gasteiger partial charge in [0.1, 0.15) is 5.82 Å². The third-order valence-corrected chi connectivity index (χ3v) is 4.91. The third-order valence-electron chi connectivity index (χ3n) is 4.91. The molecule has 3 rings (SSSR count). The van der Waals surface area contributed by atoms with Gasteiger partial charge in [-0.1, -0.05) is 26.0 Å². The summed E-state index contributed by atoms with van der Waals surface area (Å²) < 4.78 is 38.4. The van der Waals surface area contributed by atoms with Gasteiger partial charge in [-0.3, -0.25) is 0 Å². The van der Waals surface area contributed by atoms with E-state index in [-0.39, 0.29) is 5.92 Å². The maximum Gasteiger partial charge on any atom is 0.416 e. The first-order chi connectivity index (χ1) is 12.7. The van der Waals surface area contributed by atoms with Crippen molar-refractivity contribution in [1.82, 2.24) is 15.1 Å². The molecule has 0 saturated carbocycles. The maximum absolute atomic E-state index is 12.8. The maximum atomic E-state index is 12.8. The minimum absolute atomic E-state index is 0.173. The van der Waals surface area contributed by atoms with Crippen LogP contribution in [0.15, 0.2) is 30.3 Å². The second-order valence-electron chi connectivity index (χ2n) is 7.51. The van der Waals surface area contributed by atoms with Crippen molar-refractivity contribution in [3.8, 4) is 11.3 Å². The molecule has 7 heteroatoms. The van der Waals surface area contributed by atoms with Crippen LogP contribution in [0.25, 0.3) is 11.3 Å². The minimum atomic E-state index is -4.34. The predicted molar refractivity (Wildman–Crippen MR) is 101 cm³/mol. The lowest BCUT2D eigenvalue weighted by molar-refractivity contribution is -0.137. The molecule has 1 saturated heterocycles. The van der Waals surface area contributed by atoms with E-state index >= 15 is 0 Å². The number of halogens is 3. The van der Waals surface area contributed by atoms with Crippen LogP contribution in [0, 0.1) is 0 Å². The summed E-state index contributed by atoms with van der Waals surface area (Å²) in [5.41, 5.74) is 1.58. The highest BCUT2D eigenvalue weighted by molar-refractivity contribution is 5.65. The highest BCUT2D eigenvalue weighted by Crippen LogP contribution is 2.33. The van der Waals surface area contributed by atoms with Gasteiger partial charge in [0, 0.05) is 18.2 Å². The number of hydrogen-bond acceptors (Lipinski definition) is 4. The Bertz CT molecular complexity index is 772. The van der Waals surface area contributed by atoms with Crippen LogP contribution < -0.4 is 5.32 Å². The van der Waals surface area contributed by atoms with Gasteiger partial charge >= 0.3 is 6.18 Å². The molecule has 4 nitrogen and oxygen atoms in total. The number of hydrogen-bond donors (Lipinski definition) is 1. The summed E-state index contributed by atoms with van der Waals surface area (Å²) in [6.45, 7) is 6.15. The van der Waals surface area contributed by atoms with Crippen molar-refractivity contribution in [2.24, 2.45) is 0 Å². The molecule has 0 aliphatic carbocycles. The fourth-order valence-electron chi connectivity index (χ4n) is 3.45. The Morgan fingerprint density at radius 3 is 2.44 bits per heavy atom. The standard InChI is InChI=1S/C20H25F3N4/c1-13(2)17-11-18(24-16-5-4-10-27(3)12-16)25-26-19(17)14-6-8-15(9-7-14)20(21,22)23/h6-9,11,13,16H,4-5,10,12H2,1-3H3,(H,24,25)/t16-/m1/s1. The molecule has 1 aliphatic rings. The van der Waals surface area contributed by atoms with E-state index < -0.39 is 11.7 Å². The Morgan fingerprint density at radius 2 is 1.85 bits per heavy atom. The van der Waals surface area contributed by atoms with Gasteiger partial charge in [-0.15, -0.1) is 10.2 Å². The molecule has 0 bridgehead atoms. The molecule has 1 fully saturated rings. The zero-order chi connectivity index (χ0) is 19.6. The van der Waals surface area contributed by atoms with Gasteiger partial charge in [0.25, 0.3) is 0 Å². The number of nitrogens with zero attached hydrogens (tertiary/aromatic N) is 3. The van der Waals surface area contributed by atoms with E-state index in [9.17, 15) is 13.2 Å². The number of likely N-dealkylation sites (N-methyl/N-ethyl adjacent to an activating group) is 1. The van der Waals surface area contributed by atoms with Crippen LogP contribution >= 0.6 is 0 Å². The van der Waals surface area contributed by atoms with Gasteiger partial charge in [0.15, 0.2) is 0 Å². The van der Waals surface area contributed by atoms with Crippen LogP contribution in [0.3, 0.4) is 0 Å². The minimum Gasteiger partial charge on any atom is -0.365 e. The van der Waals surface area contributed by atoms with Crippen molar-refractivity contribution in [1.29, 1.82) is 0 Å². The van der Waals surface area contributed by atoms with E-state index in [4.69, 9.17) is 0 Å². The van der Waals surface area contributed by atoms with E-state index in [1.807, 2.05) is 19.9 Å². The van der Waals surface area contributed by atoms with Crippen LogP contribution in [0.4, 0.5) is 19.0 Å². The molecule has 1 aromatic heterocycles. The number of nitrogens with one attached hydrogen (secondary N) is 1. The summed E-state index contributed by atoms with van der Waals surface area (Å²) in [7, 11) is 2.10. The van der Waals surface area contributed by atoms with Crippen LogP contribution in [0.1, 0.15) is 43.7 Å². The Labute approximate surface area is 157 Å². The number of piperidine rings is 1. The summed E-state index contributed by atoms with van der Waals surface area (Å²) >= 11 is 0. The number of aromatic nitrogens is 2. The van der Waals surface area contributed by atoms with Gasteiger partial charge in [-0.05, 0) is 56.1 Å². The third kappa shape index (κ3) is 4.77. The second-order valence-corrected chi connectivity index (χ2v) is 7.51. The first-order valence-corrected chi connectivity index (χ1v) is 9.24. The molecule has 0 spiro atoms. The van der Waals surface area contributed by atoms with Crippen molar-refractivity contribution in [3.05, 3.63) is 41.5 Å². The predicted octanol–water partition coefficient (Wildman–Crippen LogP) is 4.79. The topological polar surface area (TPSA) is 41.0 Å². The van der Waals surface area contributed by atoms with Crippen LogP contribution in [-0.4, -0.2) is 41.3 Å². The lowest BCUT2D eigenvalue weighted by atomic mass is 9.97. The Kier molecular flexibility index (Phi) is 5.69. The lowest BCUT2D eigenvalue weighted by Gasteiger charge is -2.30. The van der Waals surface area contributed by atoms with Crippen LogP contribution in [0.5, 0.6) is 0 Å². The van der Waals surface area contributed by atoms with Gasteiger partial charge in [-0.25, -0.2) is 0 Å². The van der Waals surface area contributed by atoms with Gasteiger partial charge in [-0.2, -0.15) is 13.2 Å². The van der Waals surface area contributed by atoms with E-state index in [1.165, 1.54) is 12.1 Å². The molecule has 1 N–H and O–H groups in total. The van der Waals surface area contributed by atoms with Crippen LogP contribution in [0.2, 0.25) is 0 Å². The molecule has 2 heterocycles. The zero-order valence-electron chi connectivity index (χ0n) is 15.8. The molecular formula is C20H25F3N4. The Morgan fingerprint density at radius 1 is 1.15 bits per heavy atom. The fraction of sp³-hybridized carbons (Fsp3) is 0.500. The summed E-state index contributed by atoms with van der Waals surface area (Å²) in [4.78, 5) is 2.29. The normalized spacial score (nSPS) is 18.7. The molecule has 0 amide bonds. The largest absolute Gasteiger partial charge is 0.416 e. The molecule has 146 valence electrons. The van der Waals surface area contributed by atoms with Crippen molar-refractivity contribution in [2.45, 2.75) is 44.8 Å². The first-order valence-electron chi connectivity index (χ1n) is 9.24. The molecule has 0 unspecified atom stereocenters. The zero-order valence-corrected chi connectivity index (χ0v) is 15.8. The molecule has 1 aromatic carbocycles. The number of alkyl halides is 3. The first kappa shape index (κ1) is 19.6.